The number of ether oxygens (including phenoxy) is 2. The van der Waals surface area contributed by atoms with Gasteiger partial charge < -0.3 is 19.7 Å². The van der Waals surface area contributed by atoms with Crippen molar-refractivity contribution in [1.82, 2.24) is 13.6 Å². The number of esters is 1. The lowest BCUT2D eigenvalue weighted by Crippen LogP contribution is -2.45. The third-order valence-electron chi connectivity index (χ3n) is 9.32. The first-order chi connectivity index (χ1) is 20.1. The Morgan fingerprint density at radius 1 is 1.14 bits per heavy atom. The number of thiazole rings is 1. The molecule has 3 aliphatic heterocycles. The molecule has 3 fully saturated rings. The summed E-state index contributed by atoms with van der Waals surface area (Å²) in [4.78, 5) is 31.1. The molecule has 3 saturated heterocycles. The molecule has 0 amide bonds. The average molecular weight is 642 g/mol. The Balaban J connectivity index is 1.66. The number of aromatic nitrogens is 1. The molecule has 8 unspecified atom stereocenters. The third kappa shape index (κ3) is 7.74. The standard InChI is InChI=1S/C30H47N3O8S2/c1-18-8-7-9-23-24(33(23)43(38,39)32-10-12-40-13-11-32)15-25(19(2)14-22-17-42-21(4)31-22)41-27(35)16-26(34)30(5,6)29(37)20(3)28(18)36/h14,17-18,20,23-26,28,34,36H,7-13,15-16H2,1-6H3/b19-14+. The van der Waals surface area contributed by atoms with Crippen LogP contribution in [0.25, 0.3) is 6.08 Å². The van der Waals surface area contributed by atoms with Gasteiger partial charge in [0, 0.05) is 42.9 Å². The molecule has 0 aliphatic carbocycles. The molecule has 13 heteroatoms. The van der Waals surface area contributed by atoms with E-state index < -0.39 is 52.2 Å². The number of aryl methyl sites for hydroxylation is 1. The van der Waals surface area contributed by atoms with E-state index in [4.69, 9.17) is 9.47 Å². The highest BCUT2D eigenvalue weighted by Gasteiger charge is 2.57. The van der Waals surface area contributed by atoms with Crippen molar-refractivity contribution in [2.75, 3.05) is 26.3 Å². The van der Waals surface area contributed by atoms with Gasteiger partial charge >= 0.3 is 5.97 Å². The zero-order valence-corrected chi connectivity index (χ0v) is 27.7. The minimum Gasteiger partial charge on any atom is -0.458 e. The molecular weight excluding hydrogens is 594 g/mol. The third-order valence-corrected chi connectivity index (χ3v) is 12.2. The topological polar surface area (TPSA) is 146 Å². The second kappa shape index (κ2) is 13.7. The number of carbonyl (C=O) groups is 2. The number of cyclic esters (lactones) is 1. The molecular formula is C30H47N3O8S2. The van der Waals surface area contributed by atoms with Crippen molar-refractivity contribution in [3.8, 4) is 0 Å². The number of Topliss-reactive ketones (excluding diaryl/α,β-unsaturated/α-hetero) is 1. The van der Waals surface area contributed by atoms with Gasteiger partial charge in [0.15, 0.2) is 0 Å². The Kier molecular flexibility index (Phi) is 10.9. The van der Waals surface area contributed by atoms with Crippen LogP contribution in [-0.4, -0.2) is 101 Å². The summed E-state index contributed by atoms with van der Waals surface area (Å²) in [6.07, 6.45) is 0.483. The smallest absolute Gasteiger partial charge is 0.309 e. The van der Waals surface area contributed by atoms with Crippen LogP contribution in [0, 0.1) is 24.2 Å². The van der Waals surface area contributed by atoms with E-state index in [-0.39, 0.29) is 43.3 Å². The fourth-order valence-electron chi connectivity index (χ4n) is 6.30. The van der Waals surface area contributed by atoms with Crippen molar-refractivity contribution in [2.45, 2.75) is 104 Å². The van der Waals surface area contributed by atoms with Crippen LogP contribution in [0.2, 0.25) is 0 Å². The monoisotopic (exact) mass is 641 g/mol. The predicted molar refractivity (Wildman–Crippen MR) is 163 cm³/mol. The Hall–Kier alpha value is -1.74. The molecule has 4 heterocycles. The Bertz CT molecular complexity index is 1290. The van der Waals surface area contributed by atoms with E-state index in [1.165, 1.54) is 19.9 Å². The summed E-state index contributed by atoms with van der Waals surface area (Å²) >= 11 is 1.50. The van der Waals surface area contributed by atoms with Gasteiger partial charge in [-0.3, -0.25) is 9.59 Å². The zero-order valence-electron chi connectivity index (χ0n) is 26.1. The van der Waals surface area contributed by atoms with Crippen LogP contribution in [0.5, 0.6) is 0 Å². The molecule has 4 rings (SSSR count). The van der Waals surface area contributed by atoms with Crippen LogP contribution in [-0.2, 0) is 29.3 Å². The maximum absolute atomic E-state index is 13.7. The Morgan fingerprint density at radius 3 is 2.44 bits per heavy atom. The Morgan fingerprint density at radius 2 is 1.81 bits per heavy atom. The molecule has 1 aromatic heterocycles. The molecule has 8 atom stereocenters. The average Bonchev–Trinajstić information content (AvgIpc) is 3.50. The lowest BCUT2D eigenvalue weighted by molar-refractivity contribution is -0.154. The number of morpholine rings is 1. The maximum atomic E-state index is 13.7. The summed E-state index contributed by atoms with van der Waals surface area (Å²) in [5, 5.41) is 24.9. The van der Waals surface area contributed by atoms with Crippen LogP contribution in [0.4, 0.5) is 0 Å². The van der Waals surface area contributed by atoms with Crippen LogP contribution in [0.15, 0.2) is 11.0 Å². The molecule has 2 N–H and O–H groups in total. The number of hydrogen-bond donors (Lipinski definition) is 2. The lowest BCUT2D eigenvalue weighted by Gasteiger charge is -2.34. The summed E-state index contributed by atoms with van der Waals surface area (Å²) in [6, 6.07) is -0.676. The second-order valence-electron chi connectivity index (χ2n) is 12.9. The van der Waals surface area contributed by atoms with Gasteiger partial charge in [0.25, 0.3) is 10.2 Å². The molecule has 1 aromatic rings. The van der Waals surface area contributed by atoms with E-state index in [1.807, 2.05) is 32.2 Å². The van der Waals surface area contributed by atoms with E-state index in [9.17, 15) is 28.2 Å². The summed E-state index contributed by atoms with van der Waals surface area (Å²) in [7, 11) is -3.77. The predicted octanol–water partition coefficient (Wildman–Crippen LogP) is 2.95. The summed E-state index contributed by atoms with van der Waals surface area (Å²) in [6.45, 7) is 11.7. The van der Waals surface area contributed by atoms with Gasteiger partial charge in [-0.1, -0.05) is 34.1 Å². The largest absolute Gasteiger partial charge is 0.458 e. The quantitative estimate of drug-likeness (QED) is 0.374. The number of aliphatic hydroxyl groups is 2. The first-order valence-corrected chi connectivity index (χ1v) is 17.5. The molecule has 0 saturated carbocycles. The lowest BCUT2D eigenvalue weighted by atomic mass is 9.73. The summed E-state index contributed by atoms with van der Waals surface area (Å²) in [5.74, 6) is -1.98. The molecule has 3 aliphatic rings. The number of ketones is 1. The van der Waals surface area contributed by atoms with Gasteiger partial charge in [-0.05, 0) is 44.3 Å². The summed E-state index contributed by atoms with van der Waals surface area (Å²) < 4.78 is 41.8. The molecule has 0 spiro atoms. The van der Waals surface area contributed by atoms with Crippen molar-refractivity contribution in [2.24, 2.45) is 17.3 Å². The normalized spacial score (nSPS) is 35.7. The molecule has 43 heavy (non-hydrogen) atoms. The van der Waals surface area contributed by atoms with Crippen molar-refractivity contribution in [3.63, 3.8) is 0 Å². The zero-order chi connectivity index (χ0) is 31.7. The number of rotatable bonds is 4. The van der Waals surface area contributed by atoms with Gasteiger partial charge in [0.2, 0.25) is 0 Å². The fourth-order valence-corrected chi connectivity index (χ4v) is 8.85. The first-order valence-electron chi connectivity index (χ1n) is 15.2. The molecule has 0 radical (unpaired) electrons. The SMILES string of the molecule is C/C(=C\c1csc(C)n1)C1CC2C(CCCC(C)C(O)C(C)C(=O)C(C)(C)C(O)CC(=O)O1)N2S(=O)(=O)N1CCOCC1. The van der Waals surface area contributed by atoms with Gasteiger partial charge in [0.05, 0.1) is 48.0 Å². The number of fused-ring (bicyclic) bond motifs is 1. The fraction of sp³-hybridized carbons (Fsp3) is 0.767. The van der Waals surface area contributed by atoms with Crippen LogP contribution in [0.3, 0.4) is 0 Å². The van der Waals surface area contributed by atoms with Crippen molar-refractivity contribution >= 4 is 39.4 Å². The van der Waals surface area contributed by atoms with Gasteiger partial charge in [-0.15, -0.1) is 11.3 Å². The van der Waals surface area contributed by atoms with Crippen molar-refractivity contribution in [1.29, 1.82) is 0 Å². The van der Waals surface area contributed by atoms with Crippen molar-refractivity contribution < 1.29 is 37.7 Å². The van der Waals surface area contributed by atoms with Gasteiger partial charge in [-0.2, -0.15) is 17.0 Å². The number of nitrogens with zero attached hydrogens (tertiary/aromatic N) is 3. The first kappa shape index (κ1) is 34.1. The molecule has 0 bridgehead atoms. The van der Waals surface area contributed by atoms with Crippen LogP contribution >= 0.6 is 11.3 Å². The van der Waals surface area contributed by atoms with Gasteiger partial charge in [0.1, 0.15) is 11.9 Å². The number of aliphatic hydroxyl groups excluding tert-OH is 2. The Labute approximate surface area is 259 Å². The highest BCUT2D eigenvalue weighted by Crippen LogP contribution is 2.42. The molecule has 11 nitrogen and oxygen atoms in total. The molecule has 0 aromatic carbocycles. The minimum atomic E-state index is -3.77. The summed E-state index contributed by atoms with van der Waals surface area (Å²) in [5.41, 5.74) is 0.144. The van der Waals surface area contributed by atoms with Crippen molar-refractivity contribution in [3.05, 3.63) is 21.7 Å². The molecule has 242 valence electrons. The number of carbonyl (C=O) groups excluding carboxylic acids is 2. The van der Waals surface area contributed by atoms with E-state index in [2.05, 4.69) is 4.98 Å². The van der Waals surface area contributed by atoms with Crippen LogP contribution in [0.1, 0.15) is 77.4 Å². The maximum Gasteiger partial charge on any atom is 0.309 e. The van der Waals surface area contributed by atoms with Crippen LogP contribution < -0.4 is 0 Å². The second-order valence-corrected chi connectivity index (χ2v) is 15.8. The number of hydrogen-bond acceptors (Lipinski definition) is 10. The van der Waals surface area contributed by atoms with E-state index >= 15 is 0 Å². The van der Waals surface area contributed by atoms with Gasteiger partial charge in [-0.25, -0.2) is 4.98 Å². The minimum absolute atomic E-state index is 0.217. The van der Waals surface area contributed by atoms with E-state index in [0.717, 1.165) is 10.7 Å². The van der Waals surface area contributed by atoms with E-state index in [1.54, 1.807) is 20.8 Å². The highest BCUT2D eigenvalue weighted by molar-refractivity contribution is 7.87. The highest BCUT2D eigenvalue weighted by atomic mass is 32.2. The van der Waals surface area contributed by atoms with E-state index in [0.29, 0.717) is 38.0 Å².